The maximum atomic E-state index is 12.3. The second kappa shape index (κ2) is 9.59. The predicted molar refractivity (Wildman–Crippen MR) is 104 cm³/mol. The minimum Gasteiger partial charge on any atom is -0.459 e. The Labute approximate surface area is 163 Å². The van der Waals surface area contributed by atoms with Crippen LogP contribution in [0.15, 0.2) is 53.1 Å². The molecule has 0 unspecified atom stereocenters. The number of furan rings is 1. The second-order valence-electron chi connectivity index (χ2n) is 6.46. The molecule has 0 saturated carbocycles. The molecular formula is C20H24N4O4. The monoisotopic (exact) mass is 384 g/mol. The number of carbonyl (C=O) groups is 3. The fourth-order valence-electron chi connectivity index (χ4n) is 3.01. The fourth-order valence-corrected chi connectivity index (χ4v) is 3.01. The Bertz CT molecular complexity index is 784. The Morgan fingerprint density at radius 1 is 0.929 bits per heavy atom. The van der Waals surface area contributed by atoms with Gasteiger partial charge < -0.3 is 24.9 Å². The topological polar surface area (TPSA) is 94.9 Å². The summed E-state index contributed by atoms with van der Waals surface area (Å²) in [5.74, 6) is -0.549. The van der Waals surface area contributed by atoms with E-state index in [-0.39, 0.29) is 43.0 Å². The van der Waals surface area contributed by atoms with Crippen LogP contribution in [0.2, 0.25) is 0 Å². The number of nitrogens with zero attached hydrogens (tertiary/aromatic N) is 2. The molecule has 1 aromatic heterocycles. The molecular weight excluding hydrogens is 360 g/mol. The van der Waals surface area contributed by atoms with Crippen molar-refractivity contribution < 1.29 is 18.8 Å². The molecule has 148 valence electrons. The second-order valence-corrected chi connectivity index (χ2v) is 6.46. The number of piperazine rings is 1. The zero-order valence-electron chi connectivity index (χ0n) is 15.6. The van der Waals surface area contributed by atoms with Gasteiger partial charge in [0.1, 0.15) is 0 Å². The number of carbonyl (C=O) groups excluding carboxylic acids is 3. The lowest BCUT2D eigenvalue weighted by Gasteiger charge is -2.36. The van der Waals surface area contributed by atoms with Gasteiger partial charge in [-0.05, 0) is 24.3 Å². The largest absolute Gasteiger partial charge is 0.459 e. The van der Waals surface area contributed by atoms with Crippen molar-refractivity contribution in [2.45, 2.75) is 6.42 Å². The Kier molecular flexibility index (Phi) is 6.67. The minimum absolute atomic E-state index is 0.0314. The van der Waals surface area contributed by atoms with Gasteiger partial charge in [0.05, 0.1) is 12.8 Å². The molecule has 0 bridgehead atoms. The van der Waals surface area contributed by atoms with Crippen molar-refractivity contribution >= 4 is 23.4 Å². The average Bonchev–Trinajstić information content (AvgIpc) is 3.28. The molecule has 1 fully saturated rings. The van der Waals surface area contributed by atoms with Gasteiger partial charge in [-0.2, -0.15) is 0 Å². The molecule has 8 nitrogen and oxygen atoms in total. The van der Waals surface area contributed by atoms with Gasteiger partial charge in [0.2, 0.25) is 11.8 Å². The van der Waals surface area contributed by atoms with Crippen LogP contribution in [-0.2, 0) is 9.59 Å². The van der Waals surface area contributed by atoms with E-state index in [0.29, 0.717) is 13.1 Å². The van der Waals surface area contributed by atoms with Crippen molar-refractivity contribution in [2.24, 2.45) is 0 Å². The Hall–Kier alpha value is -3.29. The third-order valence-electron chi connectivity index (χ3n) is 4.57. The standard InChI is InChI=1S/C20H24N4O4/c25-18(8-9-21-20(27)17-7-4-14-28-17)22-15-19(26)24-12-10-23(11-13-24)16-5-2-1-3-6-16/h1-7,14H,8-13,15H2,(H,21,27)(H,22,25). The Balaban J connectivity index is 1.32. The summed E-state index contributed by atoms with van der Waals surface area (Å²) in [5, 5.41) is 5.21. The van der Waals surface area contributed by atoms with E-state index in [0.717, 1.165) is 18.8 Å². The SMILES string of the molecule is O=C(CCNC(=O)c1ccco1)NCC(=O)N1CCN(c2ccccc2)CC1. The summed E-state index contributed by atoms with van der Waals surface area (Å²) in [4.78, 5) is 39.9. The van der Waals surface area contributed by atoms with Gasteiger partial charge in [0, 0.05) is 44.8 Å². The van der Waals surface area contributed by atoms with E-state index in [4.69, 9.17) is 4.42 Å². The number of rotatable bonds is 7. The van der Waals surface area contributed by atoms with Crippen LogP contribution in [-0.4, -0.2) is 61.9 Å². The van der Waals surface area contributed by atoms with Crippen molar-refractivity contribution in [3.8, 4) is 0 Å². The highest BCUT2D eigenvalue weighted by molar-refractivity contribution is 5.91. The quantitative estimate of drug-likeness (QED) is 0.739. The molecule has 28 heavy (non-hydrogen) atoms. The smallest absolute Gasteiger partial charge is 0.286 e. The molecule has 0 atom stereocenters. The van der Waals surface area contributed by atoms with E-state index in [9.17, 15) is 14.4 Å². The molecule has 0 aliphatic carbocycles. The van der Waals surface area contributed by atoms with Crippen LogP contribution < -0.4 is 15.5 Å². The van der Waals surface area contributed by atoms with Crippen LogP contribution in [0.5, 0.6) is 0 Å². The first-order valence-electron chi connectivity index (χ1n) is 9.29. The fraction of sp³-hybridized carbons (Fsp3) is 0.350. The third-order valence-corrected chi connectivity index (χ3v) is 4.57. The highest BCUT2D eigenvalue weighted by atomic mass is 16.3. The number of hydrogen-bond donors (Lipinski definition) is 2. The molecule has 1 aliphatic heterocycles. The van der Waals surface area contributed by atoms with Crippen molar-refractivity contribution in [1.82, 2.24) is 15.5 Å². The van der Waals surface area contributed by atoms with Crippen molar-refractivity contribution in [1.29, 1.82) is 0 Å². The molecule has 1 aliphatic rings. The van der Waals surface area contributed by atoms with Crippen LogP contribution in [0.1, 0.15) is 17.0 Å². The molecule has 3 amide bonds. The van der Waals surface area contributed by atoms with Crippen LogP contribution >= 0.6 is 0 Å². The Morgan fingerprint density at radius 2 is 1.68 bits per heavy atom. The van der Waals surface area contributed by atoms with E-state index in [1.165, 1.54) is 6.26 Å². The van der Waals surface area contributed by atoms with Crippen molar-refractivity contribution in [3.63, 3.8) is 0 Å². The molecule has 0 radical (unpaired) electrons. The molecule has 8 heteroatoms. The maximum Gasteiger partial charge on any atom is 0.286 e. The zero-order chi connectivity index (χ0) is 19.8. The summed E-state index contributed by atoms with van der Waals surface area (Å²) >= 11 is 0. The lowest BCUT2D eigenvalue weighted by molar-refractivity contribution is -0.133. The summed E-state index contributed by atoms with van der Waals surface area (Å²) in [6.45, 7) is 2.93. The zero-order valence-corrected chi connectivity index (χ0v) is 15.6. The van der Waals surface area contributed by atoms with Gasteiger partial charge in [0.15, 0.2) is 5.76 Å². The van der Waals surface area contributed by atoms with Gasteiger partial charge in [-0.15, -0.1) is 0 Å². The summed E-state index contributed by atoms with van der Waals surface area (Å²) in [6.07, 6.45) is 1.51. The number of amides is 3. The minimum atomic E-state index is -0.370. The van der Waals surface area contributed by atoms with Crippen LogP contribution in [0.25, 0.3) is 0 Å². The summed E-state index contributed by atoms with van der Waals surface area (Å²) in [6, 6.07) is 13.3. The number of anilines is 1. The van der Waals surface area contributed by atoms with Crippen molar-refractivity contribution in [2.75, 3.05) is 44.2 Å². The lowest BCUT2D eigenvalue weighted by atomic mass is 10.2. The third kappa shape index (κ3) is 5.35. The summed E-state index contributed by atoms with van der Waals surface area (Å²) < 4.78 is 4.97. The first-order valence-corrected chi connectivity index (χ1v) is 9.29. The van der Waals surface area contributed by atoms with E-state index in [1.54, 1.807) is 17.0 Å². The molecule has 1 saturated heterocycles. The van der Waals surface area contributed by atoms with Gasteiger partial charge >= 0.3 is 0 Å². The first-order chi connectivity index (χ1) is 13.6. The highest BCUT2D eigenvalue weighted by Gasteiger charge is 2.21. The molecule has 0 spiro atoms. The summed E-state index contributed by atoms with van der Waals surface area (Å²) in [7, 11) is 0. The van der Waals surface area contributed by atoms with Crippen LogP contribution in [0.4, 0.5) is 5.69 Å². The first kappa shape index (κ1) is 19.5. The number of hydrogen-bond acceptors (Lipinski definition) is 5. The van der Waals surface area contributed by atoms with E-state index < -0.39 is 0 Å². The van der Waals surface area contributed by atoms with Crippen LogP contribution in [0.3, 0.4) is 0 Å². The van der Waals surface area contributed by atoms with Crippen molar-refractivity contribution in [3.05, 3.63) is 54.5 Å². The highest BCUT2D eigenvalue weighted by Crippen LogP contribution is 2.15. The van der Waals surface area contributed by atoms with Crippen LogP contribution in [0, 0.1) is 0 Å². The maximum absolute atomic E-state index is 12.3. The molecule has 1 aromatic carbocycles. The lowest BCUT2D eigenvalue weighted by Crippen LogP contribution is -2.51. The van der Waals surface area contributed by atoms with E-state index in [2.05, 4.69) is 27.7 Å². The molecule has 2 aromatic rings. The molecule has 3 rings (SSSR count). The van der Waals surface area contributed by atoms with Gasteiger partial charge in [-0.3, -0.25) is 14.4 Å². The van der Waals surface area contributed by atoms with E-state index >= 15 is 0 Å². The number of para-hydroxylation sites is 1. The number of nitrogens with one attached hydrogen (secondary N) is 2. The molecule has 2 N–H and O–H groups in total. The summed E-state index contributed by atoms with van der Waals surface area (Å²) in [5.41, 5.74) is 1.15. The predicted octanol–water partition coefficient (Wildman–Crippen LogP) is 0.865. The normalized spacial score (nSPS) is 13.9. The van der Waals surface area contributed by atoms with Gasteiger partial charge in [-0.25, -0.2) is 0 Å². The van der Waals surface area contributed by atoms with Gasteiger partial charge in [-0.1, -0.05) is 18.2 Å². The van der Waals surface area contributed by atoms with E-state index in [1.807, 2.05) is 18.2 Å². The molecule has 2 heterocycles. The van der Waals surface area contributed by atoms with Gasteiger partial charge in [0.25, 0.3) is 5.91 Å². The Morgan fingerprint density at radius 3 is 2.36 bits per heavy atom. The average molecular weight is 384 g/mol. The number of benzene rings is 1.